The van der Waals surface area contributed by atoms with Gasteiger partial charge in [-0.05, 0) is 138 Å². The van der Waals surface area contributed by atoms with E-state index in [2.05, 4.69) is 278 Å². The van der Waals surface area contributed by atoms with Crippen LogP contribution in [0.3, 0.4) is 0 Å². The number of para-hydroxylation sites is 2. The van der Waals surface area contributed by atoms with Crippen molar-refractivity contribution in [3.8, 4) is 67.0 Å². The highest BCUT2D eigenvalue weighted by Gasteiger charge is 2.36. The fourth-order valence-corrected chi connectivity index (χ4v) is 12.4. The van der Waals surface area contributed by atoms with Crippen molar-refractivity contribution in [1.29, 1.82) is 0 Å². The molecule has 0 N–H and O–H groups in total. The van der Waals surface area contributed by atoms with Gasteiger partial charge in [0, 0.05) is 37.7 Å². The molecular weight excluding hydrogens is 881 g/mol. The lowest BCUT2D eigenvalue weighted by Gasteiger charge is -2.22. The second kappa shape index (κ2) is 15.9. The van der Waals surface area contributed by atoms with E-state index in [9.17, 15) is 0 Å². The van der Waals surface area contributed by atoms with Gasteiger partial charge in [-0.25, -0.2) is 0 Å². The second-order valence-electron chi connectivity index (χ2n) is 20.5. The Hall–Kier alpha value is -9.24. The van der Waals surface area contributed by atoms with E-state index in [-0.39, 0.29) is 5.41 Å². The molecule has 0 radical (unpaired) electrons. The minimum absolute atomic E-state index is 0.155. The van der Waals surface area contributed by atoms with Crippen LogP contribution in [0.15, 0.2) is 255 Å². The summed E-state index contributed by atoms with van der Waals surface area (Å²) in [6.45, 7) is 4.77. The predicted molar refractivity (Wildman–Crippen MR) is 309 cm³/mol. The van der Waals surface area contributed by atoms with Crippen molar-refractivity contribution in [3.05, 3.63) is 266 Å². The summed E-state index contributed by atoms with van der Waals surface area (Å²) < 4.78 is 4.86. The normalized spacial score (nSPS) is 12.9. The lowest BCUT2D eigenvalue weighted by Crippen LogP contribution is -2.15. The summed E-state index contributed by atoms with van der Waals surface area (Å²) in [5, 5.41) is 10.0. The lowest BCUT2D eigenvalue weighted by molar-refractivity contribution is 0.661. The Kier molecular flexibility index (Phi) is 9.04. The molecule has 2 aromatic heterocycles. The number of benzene rings is 12. The summed E-state index contributed by atoms with van der Waals surface area (Å²) in [6, 6.07) is 94.6. The fraction of sp³-hybridized carbons (Fsp3) is 0.0423. The molecular formula is C71H48N2. The number of hydrogen-bond donors (Lipinski definition) is 0. The number of rotatable bonds is 6. The number of aromatic nitrogens is 2. The average molecular weight is 929 g/mol. The molecule has 0 unspecified atom stereocenters. The molecule has 14 aromatic rings. The highest BCUT2D eigenvalue weighted by molar-refractivity contribution is 6.13. The van der Waals surface area contributed by atoms with Gasteiger partial charge in [0.15, 0.2) is 0 Å². The van der Waals surface area contributed by atoms with Crippen molar-refractivity contribution in [2.24, 2.45) is 0 Å². The second-order valence-corrected chi connectivity index (χ2v) is 20.5. The van der Waals surface area contributed by atoms with E-state index in [0.29, 0.717) is 0 Å². The Labute approximate surface area is 424 Å². The van der Waals surface area contributed by atoms with Crippen molar-refractivity contribution in [2.75, 3.05) is 0 Å². The third-order valence-electron chi connectivity index (χ3n) is 16.1. The van der Waals surface area contributed by atoms with Crippen LogP contribution in [-0.2, 0) is 5.41 Å². The van der Waals surface area contributed by atoms with Crippen molar-refractivity contribution in [3.63, 3.8) is 0 Å². The van der Waals surface area contributed by atoms with Gasteiger partial charge >= 0.3 is 0 Å². The first-order valence-corrected chi connectivity index (χ1v) is 25.5. The van der Waals surface area contributed by atoms with Gasteiger partial charge in [0.1, 0.15) is 0 Å². The zero-order valence-electron chi connectivity index (χ0n) is 40.6. The molecule has 0 saturated carbocycles. The predicted octanol–water partition coefficient (Wildman–Crippen LogP) is 19.2. The zero-order valence-corrected chi connectivity index (χ0v) is 40.6. The number of fused-ring (bicyclic) bond motifs is 11. The molecule has 0 aliphatic heterocycles. The minimum atomic E-state index is -0.155. The molecule has 0 bridgehead atoms. The molecule has 15 rings (SSSR count). The van der Waals surface area contributed by atoms with Gasteiger partial charge in [-0.3, -0.25) is 0 Å². The van der Waals surface area contributed by atoms with Gasteiger partial charge in [-0.15, -0.1) is 0 Å². The molecule has 0 saturated heterocycles. The Bertz CT molecular complexity index is 4260. The van der Waals surface area contributed by atoms with E-state index in [1.807, 2.05) is 0 Å². The highest BCUT2D eigenvalue weighted by Crippen LogP contribution is 2.51. The van der Waals surface area contributed by atoms with Gasteiger partial charge in [0.25, 0.3) is 0 Å². The maximum absolute atomic E-state index is 2.43. The van der Waals surface area contributed by atoms with Crippen LogP contribution >= 0.6 is 0 Å². The summed E-state index contributed by atoms with van der Waals surface area (Å²) in [5.41, 5.74) is 22.3. The Morgan fingerprint density at radius 1 is 0.247 bits per heavy atom. The molecule has 0 fully saturated rings. The maximum Gasteiger partial charge on any atom is 0.0541 e. The van der Waals surface area contributed by atoms with Crippen LogP contribution in [0, 0.1) is 0 Å². The van der Waals surface area contributed by atoms with Crippen LogP contribution in [-0.4, -0.2) is 9.13 Å². The highest BCUT2D eigenvalue weighted by atomic mass is 15.0. The lowest BCUT2D eigenvalue weighted by atomic mass is 9.80. The standard InChI is InChI=1S/C71H48N2/c1-71(2)63-43-53(47-29-25-45(26-30-47)51-35-39-69-61(41-51)59-19-7-9-21-67(59)72(69)65-23-11-15-49-13-3-5-17-55(49)65)33-37-57(63)58-38-34-54(44-64(58)71)48-31-27-46(28-32-48)52-36-40-70-62(42-52)60-20-8-10-22-68(60)73(70)66-24-12-16-50-14-4-6-18-56(50)66/h3-44H,1-2H3. The van der Waals surface area contributed by atoms with Crippen LogP contribution in [0.25, 0.3) is 132 Å². The van der Waals surface area contributed by atoms with Crippen molar-refractivity contribution in [2.45, 2.75) is 19.3 Å². The van der Waals surface area contributed by atoms with E-state index < -0.39 is 0 Å². The molecule has 2 nitrogen and oxygen atoms in total. The van der Waals surface area contributed by atoms with Crippen molar-refractivity contribution in [1.82, 2.24) is 9.13 Å². The smallest absolute Gasteiger partial charge is 0.0541 e. The molecule has 342 valence electrons. The van der Waals surface area contributed by atoms with E-state index >= 15 is 0 Å². The SMILES string of the molecule is CC1(C)c2cc(-c3ccc(-c4ccc5c(c4)c4ccccc4n5-c4cccc5ccccc45)cc3)ccc2-c2ccc(-c3ccc(-c4ccc5c(c4)c4ccccc4n5-c4cccc5ccccc45)cc3)cc21. The van der Waals surface area contributed by atoms with Crippen LogP contribution in [0.2, 0.25) is 0 Å². The molecule has 73 heavy (non-hydrogen) atoms. The fourth-order valence-electron chi connectivity index (χ4n) is 12.4. The topological polar surface area (TPSA) is 9.86 Å². The minimum Gasteiger partial charge on any atom is -0.309 e. The van der Waals surface area contributed by atoms with Crippen LogP contribution in [0.5, 0.6) is 0 Å². The Morgan fingerprint density at radius 3 is 0.986 bits per heavy atom. The molecule has 2 heteroatoms. The van der Waals surface area contributed by atoms with E-state index in [0.717, 1.165) is 0 Å². The van der Waals surface area contributed by atoms with Gasteiger partial charge in [-0.1, -0.05) is 208 Å². The summed E-state index contributed by atoms with van der Waals surface area (Å²) in [6.07, 6.45) is 0. The van der Waals surface area contributed by atoms with Gasteiger partial charge < -0.3 is 9.13 Å². The maximum atomic E-state index is 2.43. The first-order valence-electron chi connectivity index (χ1n) is 25.5. The zero-order chi connectivity index (χ0) is 48.4. The third-order valence-corrected chi connectivity index (χ3v) is 16.1. The van der Waals surface area contributed by atoms with Crippen LogP contribution < -0.4 is 0 Å². The van der Waals surface area contributed by atoms with E-state index in [1.54, 1.807) is 0 Å². The molecule has 0 spiro atoms. The molecule has 0 amide bonds. The van der Waals surface area contributed by atoms with E-state index in [1.165, 1.54) is 143 Å². The number of hydrogen-bond acceptors (Lipinski definition) is 0. The van der Waals surface area contributed by atoms with E-state index in [4.69, 9.17) is 0 Å². The Balaban J connectivity index is 0.711. The summed E-state index contributed by atoms with van der Waals surface area (Å²) in [5.74, 6) is 0. The Morgan fingerprint density at radius 2 is 0.562 bits per heavy atom. The number of nitrogens with zero attached hydrogens (tertiary/aromatic N) is 2. The average Bonchev–Trinajstić information content (AvgIpc) is 4.04. The first kappa shape index (κ1) is 41.5. The molecule has 12 aromatic carbocycles. The molecule has 1 aliphatic carbocycles. The van der Waals surface area contributed by atoms with Crippen LogP contribution in [0.4, 0.5) is 0 Å². The molecule has 0 atom stereocenters. The molecule has 2 heterocycles. The summed E-state index contributed by atoms with van der Waals surface area (Å²) >= 11 is 0. The monoisotopic (exact) mass is 928 g/mol. The quantitative estimate of drug-likeness (QED) is 0.157. The van der Waals surface area contributed by atoms with Crippen molar-refractivity contribution < 1.29 is 0 Å². The summed E-state index contributed by atoms with van der Waals surface area (Å²) in [7, 11) is 0. The van der Waals surface area contributed by atoms with Gasteiger partial charge in [-0.2, -0.15) is 0 Å². The van der Waals surface area contributed by atoms with Gasteiger partial charge in [0.2, 0.25) is 0 Å². The van der Waals surface area contributed by atoms with Crippen molar-refractivity contribution >= 4 is 65.2 Å². The first-order chi connectivity index (χ1) is 35.9. The largest absolute Gasteiger partial charge is 0.309 e. The van der Waals surface area contributed by atoms with Crippen LogP contribution in [0.1, 0.15) is 25.0 Å². The molecule has 1 aliphatic rings. The van der Waals surface area contributed by atoms with Gasteiger partial charge in [0.05, 0.1) is 33.4 Å². The summed E-state index contributed by atoms with van der Waals surface area (Å²) in [4.78, 5) is 0. The third kappa shape index (κ3) is 6.37.